The van der Waals surface area contributed by atoms with Crippen molar-refractivity contribution in [2.75, 3.05) is 45.1 Å². The fourth-order valence-corrected chi connectivity index (χ4v) is 3.95. The molecule has 0 amide bonds. The van der Waals surface area contributed by atoms with Crippen LogP contribution < -0.4 is 24.4 Å². The Hall–Kier alpha value is -4.06. The topological polar surface area (TPSA) is 143 Å². The van der Waals surface area contributed by atoms with Gasteiger partial charge in [0.1, 0.15) is 18.7 Å². The van der Waals surface area contributed by atoms with E-state index in [0.29, 0.717) is 22.4 Å². The number of halogens is 6. The first-order valence-corrected chi connectivity index (χ1v) is 12.2. The van der Waals surface area contributed by atoms with Gasteiger partial charge in [-0.3, -0.25) is 0 Å². The number of ether oxygens (including phenoxy) is 2. The molecular formula is C22H23F6N5O6S. The van der Waals surface area contributed by atoms with E-state index in [1.165, 1.54) is 52.8 Å². The van der Waals surface area contributed by atoms with E-state index in [0.717, 1.165) is 4.90 Å². The second-order valence-electron chi connectivity index (χ2n) is 7.73. The van der Waals surface area contributed by atoms with Gasteiger partial charge in [0.15, 0.2) is 11.5 Å². The van der Waals surface area contributed by atoms with E-state index >= 15 is 0 Å². The Balaban J connectivity index is 0.000000708. The smallest absolute Gasteiger partial charge is 0.490 e. The number of carboxylic acids is 1. The molecule has 220 valence electrons. The summed E-state index contributed by atoms with van der Waals surface area (Å²) in [5.74, 6) is -1.69. The molecule has 1 aromatic heterocycles. The van der Waals surface area contributed by atoms with Gasteiger partial charge in [0.05, 0.1) is 36.0 Å². The molecule has 0 aliphatic carbocycles. The van der Waals surface area contributed by atoms with Gasteiger partial charge in [0.2, 0.25) is 10.0 Å². The van der Waals surface area contributed by atoms with Crippen molar-refractivity contribution in [1.29, 1.82) is 0 Å². The fourth-order valence-electron chi connectivity index (χ4n) is 3.20. The van der Waals surface area contributed by atoms with Crippen LogP contribution in [-0.2, 0) is 14.8 Å². The van der Waals surface area contributed by atoms with Crippen LogP contribution in [0.15, 0.2) is 41.6 Å². The number of nitrogens with one attached hydrogen (secondary N) is 2. The number of rotatable bonds is 8. The summed E-state index contributed by atoms with van der Waals surface area (Å²) in [5, 5.41) is 10.6. The molecule has 0 aliphatic rings. The first-order chi connectivity index (χ1) is 18.4. The maximum absolute atomic E-state index is 13.0. The molecule has 0 unspecified atom stereocenters. The number of hydrogen-bond acceptors (Lipinski definition) is 9. The van der Waals surface area contributed by atoms with Gasteiger partial charge < -0.3 is 24.8 Å². The molecule has 0 spiro atoms. The number of anilines is 3. The van der Waals surface area contributed by atoms with Gasteiger partial charge >= 0.3 is 18.3 Å². The van der Waals surface area contributed by atoms with E-state index in [1.807, 2.05) is 0 Å². The molecule has 1 heterocycles. The molecule has 0 aliphatic heterocycles. The van der Waals surface area contributed by atoms with Crippen LogP contribution in [0, 0.1) is 0 Å². The standard InChI is InChI=1S/C20H22F3N5O4S.C2HF3O2/c1-24-33(29,30)12-5-6-16(28(2)10-20(21,22)23)15(7-12)27-19-13-8-17(31-3)18(32-4)9-14(13)25-11-26-19;3-2(4,5)1(6)7/h5-9,11,24H,10H2,1-4H3,(H,25,26,27);(H,6,7). The van der Waals surface area contributed by atoms with Gasteiger partial charge in [0, 0.05) is 18.5 Å². The van der Waals surface area contributed by atoms with E-state index < -0.39 is 34.9 Å². The van der Waals surface area contributed by atoms with Crippen molar-refractivity contribution >= 4 is 44.1 Å². The second kappa shape index (κ2) is 12.4. The number of carbonyl (C=O) groups is 1. The van der Waals surface area contributed by atoms with Crippen molar-refractivity contribution in [1.82, 2.24) is 14.7 Å². The van der Waals surface area contributed by atoms with E-state index in [4.69, 9.17) is 19.4 Å². The van der Waals surface area contributed by atoms with Crippen LogP contribution in [0.2, 0.25) is 0 Å². The number of aromatic nitrogens is 2. The lowest BCUT2D eigenvalue weighted by molar-refractivity contribution is -0.192. The lowest BCUT2D eigenvalue weighted by Crippen LogP contribution is -2.31. The number of methoxy groups -OCH3 is 2. The molecule has 3 aromatic rings. The van der Waals surface area contributed by atoms with Crippen molar-refractivity contribution in [3.05, 3.63) is 36.7 Å². The molecule has 0 radical (unpaired) electrons. The number of benzene rings is 2. The molecule has 18 heteroatoms. The van der Waals surface area contributed by atoms with Crippen LogP contribution in [0.1, 0.15) is 0 Å². The molecular weight excluding hydrogens is 576 g/mol. The number of sulfonamides is 1. The quantitative estimate of drug-likeness (QED) is 0.326. The Morgan fingerprint density at radius 3 is 2.10 bits per heavy atom. The van der Waals surface area contributed by atoms with Crippen LogP contribution in [0.3, 0.4) is 0 Å². The average Bonchev–Trinajstić information content (AvgIpc) is 2.86. The first kappa shape index (κ1) is 32.2. The van der Waals surface area contributed by atoms with Crippen molar-refractivity contribution in [2.45, 2.75) is 17.2 Å². The third-order valence-electron chi connectivity index (χ3n) is 5.01. The normalized spacial score (nSPS) is 11.8. The van der Waals surface area contributed by atoms with Crippen molar-refractivity contribution in [3.8, 4) is 11.5 Å². The zero-order valence-electron chi connectivity index (χ0n) is 21.2. The highest BCUT2D eigenvalue weighted by molar-refractivity contribution is 7.89. The number of aliphatic carboxylic acids is 1. The average molecular weight is 600 g/mol. The monoisotopic (exact) mass is 599 g/mol. The minimum absolute atomic E-state index is 0.104. The Labute approximate surface area is 223 Å². The lowest BCUT2D eigenvalue weighted by Gasteiger charge is -2.24. The van der Waals surface area contributed by atoms with Gasteiger partial charge in [0.25, 0.3) is 0 Å². The van der Waals surface area contributed by atoms with Gasteiger partial charge in [-0.1, -0.05) is 0 Å². The van der Waals surface area contributed by atoms with Crippen LogP contribution in [0.25, 0.3) is 10.9 Å². The summed E-state index contributed by atoms with van der Waals surface area (Å²) >= 11 is 0. The maximum atomic E-state index is 13.0. The summed E-state index contributed by atoms with van der Waals surface area (Å²) in [4.78, 5) is 18.1. The fraction of sp³-hybridized carbons (Fsp3) is 0.318. The van der Waals surface area contributed by atoms with E-state index in [9.17, 15) is 34.8 Å². The molecule has 0 bridgehead atoms. The molecule has 2 aromatic carbocycles. The molecule has 0 atom stereocenters. The summed E-state index contributed by atoms with van der Waals surface area (Å²) in [6.07, 6.45) is -8.28. The van der Waals surface area contributed by atoms with E-state index in [-0.39, 0.29) is 22.1 Å². The zero-order chi connectivity index (χ0) is 30.5. The van der Waals surface area contributed by atoms with Gasteiger partial charge in [-0.2, -0.15) is 26.3 Å². The van der Waals surface area contributed by atoms with Crippen LogP contribution in [-0.4, -0.2) is 76.7 Å². The number of carboxylic acid groups (broad SMARTS) is 1. The maximum Gasteiger partial charge on any atom is 0.490 e. The third kappa shape index (κ3) is 8.22. The van der Waals surface area contributed by atoms with Crippen molar-refractivity contribution in [3.63, 3.8) is 0 Å². The Morgan fingerprint density at radius 1 is 1.02 bits per heavy atom. The summed E-state index contributed by atoms with van der Waals surface area (Å²) in [6, 6.07) is 7.00. The summed E-state index contributed by atoms with van der Waals surface area (Å²) in [7, 11) is 1.57. The third-order valence-corrected chi connectivity index (χ3v) is 6.42. The molecule has 11 nitrogen and oxygen atoms in total. The van der Waals surface area contributed by atoms with E-state index in [2.05, 4.69) is 20.0 Å². The second-order valence-corrected chi connectivity index (χ2v) is 9.62. The Kier molecular flexibility index (Phi) is 9.98. The molecule has 3 rings (SSSR count). The molecule has 0 fully saturated rings. The first-order valence-electron chi connectivity index (χ1n) is 10.7. The molecule has 40 heavy (non-hydrogen) atoms. The molecule has 3 N–H and O–H groups in total. The number of alkyl halides is 6. The number of hydrogen-bond donors (Lipinski definition) is 3. The minimum Gasteiger partial charge on any atom is -0.493 e. The predicted molar refractivity (Wildman–Crippen MR) is 132 cm³/mol. The Bertz CT molecular complexity index is 1470. The highest BCUT2D eigenvalue weighted by Crippen LogP contribution is 2.37. The highest BCUT2D eigenvalue weighted by atomic mass is 32.2. The van der Waals surface area contributed by atoms with E-state index in [1.54, 1.807) is 12.1 Å². The summed E-state index contributed by atoms with van der Waals surface area (Å²) < 4.78 is 108. The largest absolute Gasteiger partial charge is 0.493 e. The molecule has 0 saturated carbocycles. The minimum atomic E-state index is -5.08. The van der Waals surface area contributed by atoms with Crippen LogP contribution in [0.5, 0.6) is 11.5 Å². The van der Waals surface area contributed by atoms with Crippen LogP contribution >= 0.6 is 0 Å². The number of fused-ring (bicyclic) bond motifs is 1. The Morgan fingerprint density at radius 2 is 1.60 bits per heavy atom. The van der Waals surface area contributed by atoms with Gasteiger partial charge in [-0.05, 0) is 31.3 Å². The number of nitrogens with zero attached hydrogens (tertiary/aromatic N) is 3. The summed E-state index contributed by atoms with van der Waals surface area (Å²) in [6.45, 7) is -1.24. The van der Waals surface area contributed by atoms with Crippen molar-refractivity contribution < 1.29 is 54.1 Å². The zero-order valence-corrected chi connectivity index (χ0v) is 22.0. The molecule has 0 saturated heterocycles. The van der Waals surface area contributed by atoms with Gasteiger partial charge in [-0.15, -0.1) is 0 Å². The highest BCUT2D eigenvalue weighted by Gasteiger charge is 2.38. The SMILES string of the molecule is CNS(=O)(=O)c1ccc(N(C)CC(F)(F)F)c(Nc2ncnc3cc(OC)c(OC)cc23)c1.O=C(O)C(F)(F)F. The van der Waals surface area contributed by atoms with Crippen molar-refractivity contribution in [2.24, 2.45) is 0 Å². The van der Waals surface area contributed by atoms with Gasteiger partial charge in [-0.25, -0.2) is 27.9 Å². The predicted octanol–water partition coefficient (Wildman–Crippen LogP) is 3.93. The van der Waals surface area contributed by atoms with Crippen LogP contribution in [0.4, 0.5) is 43.5 Å². The summed E-state index contributed by atoms with van der Waals surface area (Å²) in [5.41, 5.74) is 0.705. The lowest BCUT2D eigenvalue weighted by atomic mass is 10.2.